The Labute approximate surface area is 146 Å². The van der Waals surface area contributed by atoms with Gasteiger partial charge in [-0.05, 0) is 31.0 Å². The summed E-state index contributed by atoms with van der Waals surface area (Å²) in [4.78, 5) is 23.1. The molecule has 0 aromatic heterocycles. The third-order valence-electron chi connectivity index (χ3n) is 3.45. The minimum Gasteiger partial charge on any atom is -0.354 e. The minimum atomic E-state index is -3.69. The first-order valence-electron chi connectivity index (χ1n) is 7.68. The third kappa shape index (κ3) is 6.10. The summed E-state index contributed by atoms with van der Waals surface area (Å²) in [6.45, 7) is 0.669. The Balaban J connectivity index is 1.63. The molecule has 2 rings (SSSR count). The summed E-state index contributed by atoms with van der Waals surface area (Å²) in [7, 11) is -3.69. The number of hydrogen-bond donors (Lipinski definition) is 3. The number of hydrogen-bond acceptors (Lipinski definition) is 4. The standard InChI is InChI=1S/C15H20ClN3O4S/c16-12-2-1-3-13(10-12)24(22,23)19-7-6-14(20)17-8-9-18-15(21)11-4-5-11/h1-3,10-11,19H,4-9H2,(H,17,20)(H,18,21). The van der Waals surface area contributed by atoms with Crippen LogP contribution >= 0.6 is 11.6 Å². The molecule has 0 spiro atoms. The molecule has 0 atom stereocenters. The Hall–Kier alpha value is -1.64. The first-order chi connectivity index (χ1) is 11.4. The number of benzene rings is 1. The monoisotopic (exact) mass is 373 g/mol. The lowest BCUT2D eigenvalue weighted by Crippen LogP contribution is -2.36. The van der Waals surface area contributed by atoms with Crippen molar-refractivity contribution < 1.29 is 18.0 Å². The second-order valence-corrected chi connectivity index (χ2v) is 7.72. The van der Waals surface area contributed by atoms with Crippen LogP contribution in [0.1, 0.15) is 19.3 Å². The highest BCUT2D eigenvalue weighted by atomic mass is 35.5. The number of rotatable bonds is 9. The molecule has 0 radical (unpaired) electrons. The Bertz CT molecular complexity index is 704. The van der Waals surface area contributed by atoms with Gasteiger partial charge in [0.25, 0.3) is 0 Å². The van der Waals surface area contributed by atoms with Crippen LogP contribution in [0.15, 0.2) is 29.2 Å². The fourth-order valence-corrected chi connectivity index (χ4v) is 3.31. The normalized spacial score (nSPS) is 14.2. The molecule has 0 bridgehead atoms. The van der Waals surface area contributed by atoms with Crippen LogP contribution in [-0.2, 0) is 19.6 Å². The van der Waals surface area contributed by atoms with Crippen molar-refractivity contribution in [3.05, 3.63) is 29.3 Å². The number of carbonyl (C=O) groups is 2. The third-order valence-corrected chi connectivity index (χ3v) is 5.14. The number of halogens is 1. The zero-order valence-corrected chi connectivity index (χ0v) is 14.6. The fraction of sp³-hybridized carbons (Fsp3) is 0.467. The van der Waals surface area contributed by atoms with Crippen LogP contribution in [0.25, 0.3) is 0 Å². The van der Waals surface area contributed by atoms with Gasteiger partial charge in [-0.2, -0.15) is 0 Å². The van der Waals surface area contributed by atoms with Crippen molar-refractivity contribution in [3.63, 3.8) is 0 Å². The molecular weight excluding hydrogens is 354 g/mol. The second-order valence-electron chi connectivity index (χ2n) is 5.52. The molecule has 9 heteroatoms. The number of nitrogens with one attached hydrogen (secondary N) is 3. The van der Waals surface area contributed by atoms with Crippen LogP contribution in [0.3, 0.4) is 0 Å². The summed E-state index contributed by atoms with van der Waals surface area (Å²) in [5.74, 6) is -0.121. The topological polar surface area (TPSA) is 104 Å². The van der Waals surface area contributed by atoms with Crippen molar-refractivity contribution >= 4 is 33.4 Å². The van der Waals surface area contributed by atoms with Crippen LogP contribution in [0.5, 0.6) is 0 Å². The number of sulfonamides is 1. The minimum absolute atomic E-state index is 0.0103. The van der Waals surface area contributed by atoms with E-state index in [4.69, 9.17) is 11.6 Å². The molecule has 132 valence electrons. The quantitative estimate of drug-likeness (QED) is 0.553. The van der Waals surface area contributed by atoms with Crippen molar-refractivity contribution in [2.45, 2.75) is 24.2 Å². The predicted molar refractivity (Wildman–Crippen MR) is 90.0 cm³/mol. The lowest BCUT2D eigenvalue weighted by atomic mass is 10.4. The lowest BCUT2D eigenvalue weighted by Gasteiger charge is -2.08. The van der Waals surface area contributed by atoms with Gasteiger partial charge in [0, 0.05) is 37.0 Å². The van der Waals surface area contributed by atoms with Gasteiger partial charge in [0.15, 0.2) is 0 Å². The Morgan fingerprint density at radius 1 is 1.12 bits per heavy atom. The van der Waals surface area contributed by atoms with Crippen molar-refractivity contribution in [3.8, 4) is 0 Å². The zero-order chi connectivity index (χ0) is 17.6. The highest BCUT2D eigenvalue weighted by Gasteiger charge is 2.28. The molecule has 24 heavy (non-hydrogen) atoms. The van der Waals surface area contributed by atoms with E-state index in [1.807, 2.05) is 0 Å². The molecule has 1 aromatic carbocycles. The maximum atomic E-state index is 12.0. The smallest absolute Gasteiger partial charge is 0.240 e. The summed E-state index contributed by atoms with van der Waals surface area (Å²) in [5, 5.41) is 5.68. The maximum absolute atomic E-state index is 12.0. The molecule has 1 aromatic rings. The van der Waals surface area contributed by atoms with Crippen molar-refractivity contribution in [1.29, 1.82) is 0 Å². The van der Waals surface area contributed by atoms with E-state index in [1.54, 1.807) is 12.1 Å². The summed E-state index contributed by atoms with van der Waals surface area (Å²) < 4.78 is 26.4. The Morgan fingerprint density at radius 3 is 2.50 bits per heavy atom. The summed E-state index contributed by atoms with van der Waals surface area (Å²) >= 11 is 5.77. The first-order valence-corrected chi connectivity index (χ1v) is 9.54. The molecule has 1 aliphatic rings. The van der Waals surface area contributed by atoms with Gasteiger partial charge >= 0.3 is 0 Å². The van der Waals surface area contributed by atoms with E-state index in [9.17, 15) is 18.0 Å². The Morgan fingerprint density at radius 2 is 1.83 bits per heavy atom. The van der Waals surface area contributed by atoms with Gasteiger partial charge in [-0.15, -0.1) is 0 Å². The molecule has 3 N–H and O–H groups in total. The number of carbonyl (C=O) groups excluding carboxylic acids is 2. The summed E-state index contributed by atoms with van der Waals surface area (Å²) in [6.07, 6.45) is 1.88. The van der Waals surface area contributed by atoms with E-state index in [0.717, 1.165) is 12.8 Å². The molecule has 1 fully saturated rings. The average Bonchev–Trinajstić information content (AvgIpc) is 3.36. The fourth-order valence-electron chi connectivity index (χ4n) is 1.98. The highest BCUT2D eigenvalue weighted by Crippen LogP contribution is 2.28. The van der Waals surface area contributed by atoms with E-state index in [-0.39, 0.29) is 35.6 Å². The first kappa shape index (κ1) is 18.7. The Kier molecular flexibility index (Phi) is 6.59. The SMILES string of the molecule is O=C(CCNS(=O)(=O)c1cccc(Cl)c1)NCCNC(=O)C1CC1. The van der Waals surface area contributed by atoms with E-state index in [2.05, 4.69) is 15.4 Å². The van der Waals surface area contributed by atoms with Gasteiger partial charge in [-0.25, -0.2) is 13.1 Å². The zero-order valence-electron chi connectivity index (χ0n) is 13.0. The molecule has 0 unspecified atom stereocenters. The van der Waals surface area contributed by atoms with Crippen molar-refractivity contribution in [2.75, 3.05) is 19.6 Å². The summed E-state index contributed by atoms with van der Waals surface area (Å²) in [6, 6.07) is 5.89. The van der Waals surface area contributed by atoms with Gasteiger partial charge in [0.2, 0.25) is 21.8 Å². The van der Waals surface area contributed by atoms with Gasteiger partial charge < -0.3 is 10.6 Å². The predicted octanol–water partition coefficient (Wildman–Crippen LogP) is 0.651. The van der Waals surface area contributed by atoms with Crippen molar-refractivity contribution in [2.24, 2.45) is 5.92 Å². The van der Waals surface area contributed by atoms with Gasteiger partial charge in [0.1, 0.15) is 0 Å². The van der Waals surface area contributed by atoms with E-state index >= 15 is 0 Å². The van der Waals surface area contributed by atoms with Crippen LogP contribution in [0.4, 0.5) is 0 Å². The highest BCUT2D eigenvalue weighted by molar-refractivity contribution is 7.89. The molecule has 0 heterocycles. The molecule has 0 aliphatic heterocycles. The van der Waals surface area contributed by atoms with E-state index in [0.29, 0.717) is 18.1 Å². The molecule has 7 nitrogen and oxygen atoms in total. The van der Waals surface area contributed by atoms with Gasteiger partial charge in [0.05, 0.1) is 4.90 Å². The van der Waals surface area contributed by atoms with Crippen LogP contribution in [0.2, 0.25) is 5.02 Å². The van der Waals surface area contributed by atoms with Gasteiger partial charge in [-0.1, -0.05) is 17.7 Å². The largest absolute Gasteiger partial charge is 0.354 e. The van der Waals surface area contributed by atoms with Gasteiger partial charge in [-0.3, -0.25) is 9.59 Å². The number of amides is 2. The van der Waals surface area contributed by atoms with Crippen LogP contribution < -0.4 is 15.4 Å². The van der Waals surface area contributed by atoms with Crippen LogP contribution in [-0.4, -0.2) is 39.9 Å². The average molecular weight is 374 g/mol. The van der Waals surface area contributed by atoms with Crippen molar-refractivity contribution in [1.82, 2.24) is 15.4 Å². The second kappa shape index (κ2) is 8.46. The lowest BCUT2D eigenvalue weighted by molar-refractivity contribution is -0.123. The molecule has 1 saturated carbocycles. The summed E-state index contributed by atoms with van der Waals surface area (Å²) in [5.41, 5.74) is 0. The molecule has 2 amide bonds. The molecular formula is C15H20ClN3O4S. The van der Waals surface area contributed by atoms with E-state index < -0.39 is 10.0 Å². The molecule has 0 saturated heterocycles. The van der Waals surface area contributed by atoms with E-state index in [1.165, 1.54) is 12.1 Å². The molecule has 1 aliphatic carbocycles. The maximum Gasteiger partial charge on any atom is 0.240 e. The van der Waals surface area contributed by atoms with Crippen LogP contribution in [0, 0.1) is 5.92 Å².